The number of phosphoric ester groups is 1. The molecule has 7 rings (SSSR count). The number of aromatic amines is 1. The number of aliphatic hydroxyl groups excluding tert-OH is 1. The van der Waals surface area contributed by atoms with E-state index in [1.807, 2.05) is 0 Å². The molecule has 0 spiro atoms. The van der Waals surface area contributed by atoms with Crippen molar-refractivity contribution in [1.29, 1.82) is 0 Å². The fourth-order valence-corrected chi connectivity index (χ4v) is 7.73. The molecular formula is C20H23FN10O11P2S. The van der Waals surface area contributed by atoms with Crippen LogP contribution in [0.3, 0.4) is 0 Å². The molecule has 3 saturated heterocycles. The van der Waals surface area contributed by atoms with Crippen molar-refractivity contribution in [1.82, 2.24) is 39.0 Å². The van der Waals surface area contributed by atoms with Crippen LogP contribution >= 0.6 is 14.5 Å². The molecule has 45 heavy (non-hydrogen) atoms. The second-order valence-corrected chi connectivity index (χ2v) is 14.3. The van der Waals surface area contributed by atoms with Crippen molar-refractivity contribution in [3.05, 3.63) is 29.5 Å². The van der Waals surface area contributed by atoms with E-state index in [0.29, 0.717) is 0 Å². The van der Waals surface area contributed by atoms with Gasteiger partial charge in [-0.3, -0.25) is 18.1 Å². The van der Waals surface area contributed by atoms with Crippen LogP contribution in [-0.4, -0.2) is 104 Å². The van der Waals surface area contributed by atoms with Crippen molar-refractivity contribution in [2.45, 2.75) is 49.1 Å². The lowest BCUT2D eigenvalue weighted by Crippen LogP contribution is -2.38. The molecule has 10 atom stereocenters. The second kappa shape index (κ2) is 11.0. The van der Waals surface area contributed by atoms with Crippen LogP contribution in [0.5, 0.6) is 0 Å². The Bertz CT molecular complexity index is 1950. The van der Waals surface area contributed by atoms with E-state index in [-0.39, 0.29) is 34.0 Å². The highest BCUT2D eigenvalue weighted by Crippen LogP contribution is 2.54. The Labute approximate surface area is 254 Å². The number of nitrogens with zero attached hydrogens (tertiary/aromatic N) is 7. The van der Waals surface area contributed by atoms with Gasteiger partial charge >= 0.3 is 20.2 Å². The molecule has 242 valence electrons. The first-order valence-corrected chi connectivity index (χ1v) is 17.0. The van der Waals surface area contributed by atoms with Gasteiger partial charge in [-0.15, -0.1) is 0 Å². The summed E-state index contributed by atoms with van der Waals surface area (Å²) in [6.45, 7) is -5.81. The monoisotopic (exact) mass is 692 g/mol. The molecule has 0 aromatic carbocycles. The van der Waals surface area contributed by atoms with Crippen molar-refractivity contribution in [2.75, 3.05) is 24.7 Å². The molecule has 0 aliphatic carbocycles. The maximum atomic E-state index is 15.9. The number of aliphatic hydroxyl groups is 1. The first-order valence-electron chi connectivity index (χ1n) is 12.9. The van der Waals surface area contributed by atoms with Crippen LogP contribution in [0.2, 0.25) is 0 Å². The molecule has 0 radical (unpaired) electrons. The van der Waals surface area contributed by atoms with Crippen molar-refractivity contribution in [2.24, 2.45) is 0 Å². The number of hydrogen-bond acceptors (Lipinski definition) is 17. The van der Waals surface area contributed by atoms with Crippen LogP contribution in [0, 0.1) is 0 Å². The first kappa shape index (κ1) is 30.6. The second-order valence-electron chi connectivity index (χ2n) is 10.1. The van der Waals surface area contributed by atoms with Gasteiger partial charge in [0.15, 0.2) is 41.6 Å². The summed E-state index contributed by atoms with van der Waals surface area (Å²) in [6, 6.07) is 0. The van der Waals surface area contributed by atoms with Crippen molar-refractivity contribution in [3.8, 4) is 0 Å². The maximum absolute atomic E-state index is 15.9. The average molecular weight is 692 g/mol. The van der Waals surface area contributed by atoms with Gasteiger partial charge < -0.3 is 45.3 Å². The zero-order valence-electron chi connectivity index (χ0n) is 22.3. The summed E-state index contributed by atoms with van der Waals surface area (Å²) in [6.07, 6.45) is -9.82. The van der Waals surface area contributed by atoms with Crippen molar-refractivity contribution in [3.63, 3.8) is 0 Å². The number of phosphoric acid groups is 1. The Balaban J connectivity index is 1.18. The Morgan fingerprint density at radius 1 is 0.956 bits per heavy atom. The minimum absolute atomic E-state index is 0.0220. The highest BCUT2D eigenvalue weighted by atomic mass is 32.5. The Morgan fingerprint density at radius 2 is 1.62 bits per heavy atom. The van der Waals surface area contributed by atoms with Crippen LogP contribution < -0.4 is 17.2 Å². The number of ether oxygens (including phenoxy) is 2. The normalized spacial score (nSPS) is 37.7. The number of rotatable bonds is 2. The van der Waals surface area contributed by atoms with Gasteiger partial charge in [-0.05, 0) is 11.8 Å². The number of H-pyrrole nitrogens is 1. The van der Waals surface area contributed by atoms with Gasteiger partial charge in [-0.1, -0.05) is 0 Å². The van der Waals surface area contributed by atoms with Crippen LogP contribution in [0.15, 0.2) is 23.8 Å². The van der Waals surface area contributed by atoms with Crippen LogP contribution in [0.25, 0.3) is 22.3 Å². The number of alkyl halides is 1. The summed E-state index contributed by atoms with van der Waals surface area (Å²) >= 11 is 5.14. The van der Waals surface area contributed by atoms with Crippen LogP contribution in [-0.2, 0) is 43.9 Å². The van der Waals surface area contributed by atoms with Gasteiger partial charge in [0.2, 0.25) is 0 Å². The molecule has 4 aromatic heterocycles. The van der Waals surface area contributed by atoms with Crippen molar-refractivity contribution >= 4 is 60.3 Å². The molecular weight excluding hydrogens is 669 g/mol. The molecule has 0 amide bonds. The summed E-state index contributed by atoms with van der Waals surface area (Å²) in [4.78, 5) is 56.5. The Morgan fingerprint density at radius 3 is 2.40 bits per heavy atom. The molecule has 0 bridgehead atoms. The smallest absolute Gasteiger partial charge is 0.386 e. The highest BCUT2D eigenvalue weighted by molar-refractivity contribution is 8.07. The summed E-state index contributed by atoms with van der Waals surface area (Å²) in [5.74, 6) is -0.0411. The predicted octanol–water partition coefficient (Wildman–Crippen LogP) is -1.25. The van der Waals surface area contributed by atoms with Crippen LogP contribution in [0.1, 0.15) is 12.5 Å². The summed E-state index contributed by atoms with van der Waals surface area (Å²) in [7, 11) is -5.10. The third-order valence-electron chi connectivity index (χ3n) is 7.34. The summed E-state index contributed by atoms with van der Waals surface area (Å²) in [5.41, 5.74) is 11.1. The largest absolute Gasteiger partial charge is 0.472 e. The number of aromatic nitrogens is 8. The van der Waals surface area contributed by atoms with Crippen molar-refractivity contribution < 1.29 is 51.4 Å². The molecule has 4 aromatic rings. The van der Waals surface area contributed by atoms with E-state index in [0.717, 1.165) is 17.2 Å². The SMILES string of the molecule is Nc1ncnc2c1ncn2[C@@H]1O[C@@H]2COP(O)(=S)O[C@H]3[C@@H](O)[C@H](n4c(=O)[nH]c5c(N)ncnc54)O[C@@H]3COP(=O)(O)O[C@H]2[C@H]1F. The minimum Gasteiger partial charge on any atom is -0.386 e. The average Bonchev–Trinajstić information content (AvgIpc) is 3.71. The van der Waals surface area contributed by atoms with Gasteiger partial charge in [0.05, 0.1) is 19.5 Å². The number of nitrogens with two attached hydrogens (primary N) is 2. The van der Waals surface area contributed by atoms with E-state index in [2.05, 4.69) is 29.9 Å². The number of imidazole rings is 2. The lowest BCUT2D eigenvalue weighted by Gasteiger charge is -2.29. The molecule has 0 saturated carbocycles. The predicted molar refractivity (Wildman–Crippen MR) is 149 cm³/mol. The molecule has 25 heteroatoms. The lowest BCUT2D eigenvalue weighted by molar-refractivity contribution is -0.0634. The standard InChI is InChI=1S/C20H23FN10O11P2S/c21-8-12-6(39-18(8)30-5-28-9-14(22)24-3-26-16(9)30)2-38-44(36,45)42-13-7(1-37-43(34,35)41-12)40-19(11(13)32)31-17-10(29-20(31)33)15(23)25-4-27-17/h3-8,11-13,18-19,32H,1-2H2,(H,29,33)(H,34,35)(H,36,45)(H2,22,24,26)(H2,23,25,27)/t6-,7-,8-,11-,12-,13-,18-,19-,44?/m1/s1. The van der Waals surface area contributed by atoms with Crippen LogP contribution in [0.4, 0.5) is 16.0 Å². The number of fused-ring (bicyclic) bond motifs is 4. The Hall–Kier alpha value is -3.05. The van der Waals surface area contributed by atoms with E-state index in [1.165, 1.54) is 10.9 Å². The lowest BCUT2D eigenvalue weighted by atomic mass is 10.1. The molecule has 3 fully saturated rings. The minimum atomic E-state index is -5.10. The molecule has 21 nitrogen and oxygen atoms in total. The van der Waals surface area contributed by atoms with Gasteiger partial charge in [0.25, 0.3) is 0 Å². The van der Waals surface area contributed by atoms with Gasteiger partial charge in [0, 0.05) is 0 Å². The van der Waals surface area contributed by atoms with Gasteiger partial charge in [0.1, 0.15) is 54.2 Å². The number of nitrogen functional groups attached to an aromatic ring is 2. The number of anilines is 2. The maximum Gasteiger partial charge on any atom is 0.472 e. The third kappa shape index (κ3) is 5.33. The van der Waals surface area contributed by atoms with E-state index in [9.17, 15) is 24.3 Å². The zero-order chi connectivity index (χ0) is 31.8. The van der Waals surface area contributed by atoms with E-state index >= 15 is 4.39 Å². The third-order valence-corrected chi connectivity index (χ3v) is 9.89. The summed E-state index contributed by atoms with van der Waals surface area (Å²) in [5, 5.41) is 11.2. The fourth-order valence-electron chi connectivity index (χ4n) is 5.33. The van der Waals surface area contributed by atoms with Gasteiger partial charge in [-0.2, -0.15) is 0 Å². The molecule has 7 heterocycles. The van der Waals surface area contributed by atoms with E-state index in [4.69, 9.17) is 50.8 Å². The molecule has 3 aliphatic rings. The molecule has 2 unspecified atom stereocenters. The van der Waals surface area contributed by atoms with E-state index < -0.39 is 82.6 Å². The van der Waals surface area contributed by atoms with Gasteiger partial charge in [-0.25, -0.2) is 43.2 Å². The fraction of sp³-hybridized carbons (Fsp3) is 0.500. The van der Waals surface area contributed by atoms with E-state index in [1.54, 1.807) is 0 Å². The number of halogens is 1. The summed E-state index contributed by atoms with van der Waals surface area (Å²) < 4.78 is 64.0. The topological polar surface area (TPSA) is 292 Å². The highest BCUT2D eigenvalue weighted by Gasteiger charge is 2.54. The number of hydrogen-bond donors (Lipinski definition) is 6. The Kier molecular flexibility index (Phi) is 7.50. The molecule has 8 N–H and O–H groups in total. The molecule has 3 aliphatic heterocycles. The quantitative estimate of drug-likeness (QED) is 0.134. The number of nitrogens with one attached hydrogen (secondary N) is 1. The zero-order valence-corrected chi connectivity index (χ0v) is 24.9. The first-order chi connectivity index (χ1) is 21.3.